The second-order valence-corrected chi connectivity index (χ2v) is 7.39. The summed E-state index contributed by atoms with van der Waals surface area (Å²) < 4.78 is 38.0. The van der Waals surface area contributed by atoms with Gasteiger partial charge < -0.3 is 10.2 Å². The number of piperazine rings is 1. The van der Waals surface area contributed by atoms with Crippen molar-refractivity contribution in [1.82, 2.24) is 14.8 Å². The fourth-order valence-corrected chi connectivity index (χ4v) is 3.73. The first kappa shape index (κ1) is 19.1. The van der Waals surface area contributed by atoms with Gasteiger partial charge in [-0.15, -0.1) is 0 Å². The molecule has 0 spiro atoms. The standard InChI is InChI=1S/C18H23F3N4S/c1-2-24-7-9-25(10-8-24)13-15-6-4-3-5-14(15)11-22-17-23-12-16(26-17)18(19,20)21/h3-6,12H,2,7-11,13H2,1H3,(H,22,23). The summed E-state index contributed by atoms with van der Waals surface area (Å²) in [6, 6.07) is 8.07. The molecule has 1 aromatic heterocycles. The van der Waals surface area contributed by atoms with Crippen molar-refractivity contribution in [3.63, 3.8) is 0 Å². The maximum Gasteiger partial charge on any atom is 0.427 e. The molecule has 0 saturated carbocycles. The van der Waals surface area contributed by atoms with Crippen LogP contribution in [0.15, 0.2) is 30.5 Å². The molecule has 26 heavy (non-hydrogen) atoms. The van der Waals surface area contributed by atoms with E-state index in [-0.39, 0.29) is 0 Å². The van der Waals surface area contributed by atoms with Gasteiger partial charge >= 0.3 is 6.18 Å². The largest absolute Gasteiger partial charge is 0.427 e. The highest BCUT2D eigenvalue weighted by molar-refractivity contribution is 7.15. The first-order valence-electron chi connectivity index (χ1n) is 8.74. The Balaban J connectivity index is 1.60. The molecule has 0 aliphatic carbocycles. The number of benzene rings is 1. The number of anilines is 1. The summed E-state index contributed by atoms with van der Waals surface area (Å²) in [7, 11) is 0. The van der Waals surface area contributed by atoms with Crippen LogP contribution in [0.5, 0.6) is 0 Å². The van der Waals surface area contributed by atoms with Gasteiger partial charge in [0.05, 0.1) is 6.20 Å². The van der Waals surface area contributed by atoms with Crippen molar-refractivity contribution in [3.8, 4) is 0 Å². The van der Waals surface area contributed by atoms with Gasteiger partial charge in [0.15, 0.2) is 5.13 Å². The molecule has 0 radical (unpaired) electrons. The van der Waals surface area contributed by atoms with Gasteiger partial charge in [-0.2, -0.15) is 13.2 Å². The number of nitrogens with zero attached hydrogens (tertiary/aromatic N) is 3. The lowest BCUT2D eigenvalue weighted by Crippen LogP contribution is -2.45. The van der Waals surface area contributed by atoms with Crippen molar-refractivity contribution in [2.24, 2.45) is 0 Å². The lowest BCUT2D eigenvalue weighted by molar-refractivity contribution is -0.134. The highest BCUT2D eigenvalue weighted by atomic mass is 32.1. The molecule has 4 nitrogen and oxygen atoms in total. The van der Waals surface area contributed by atoms with Crippen molar-refractivity contribution in [2.75, 3.05) is 38.0 Å². The van der Waals surface area contributed by atoms with E-state index < -0.39 is 11.1 Å². The summed E-state index contributed by atoms with van der Waals surface area (Å²) in [5.74, 6) is 0. The molecule has 1 aliphatic heterocycles. The average Bonchev–Trinajstić information content (AvgIpc) is 3.11. The zero-order chi connectivity index (χ0) is 18.6. The number of likely N-dealkylation sites (N-methyl/N-ethyl adjacent to an activating group) is 1. The van der Waals surface area contributed by atoms with Crippen molar-refractivity contribution in [3.05, 3.63) is 46.5 Å². The number of rotatable bonds is 6. The Morgan fingerprint density at radius 3 is 2.35 bits per heavy atom. The van der Waals surface area contributed by atoms with Gasteiger partial charge in [0.1, 0.15) is 4.88 Å². The molecule has 2 aromatic rings. The van der Waals surface area contributed by atoms with Crippen molar-refractivity contribution in [1.29, 1.82) is 0 Å². The van der Waals surface area contributed by atoms with Crippen molar-refractivity contribution >= 4 is 16.5 Å². The summed E-state index contributed by atoms with van der Waals surface area (Å²) in [6.45, 7) is 8.83. The summed E-state index contributed by atoms with van der Waals surface area (Å²) in [5.41, 5.74) is 2.30. The molecule has 1 fully saturated rings. The lowest BCUT2D eigenvalue weighted by Gasteiger charge is -2.34. The van der Waals surface area contributed by atoms with Gasteiger partial charge in [-0.3, -0.25) is 4.90 Å². The van der Waals surface area contributed by atoms with E-state index in [4.69, 9.17) is 0 Å². The summed E-state index contributed by atoms with van der Waals surface area (Å²) in [6.07, 6.45) is -3.46. The quantitative estimate of drug-likeness (QED) is 0.818. The highest BCUT2D eigenvalue weighted by Crippen LogP contribution is 2.35. The third-order valence-electron chi connectivity index (χ3n) is 4.64. The Hall–Kier alpha value is -1.64. The van der Waals surface area contributed by atoms with E-state index in [2.05, 4.69) is 33.1 Å². The molecule has 3 rings (SSSR count). The van der Waals surface area contributed by atoms with E-state index >= 15 is 0 Å². The van der Waals surface area contributed by atoms with E-state index in [1.807, 2.05) is 18.2 Å². The van der Waals surface area contributed by atoms with Gasteiger partial charge in [0.25, 0.3) is 0 Å². The van der Waals surface area contributed by atoms with E-state index in [1.165, 1.54) is 5.56 Å². The van der Waals surface area contributed by atoms with Crippen molar-refractivity contribution in [2.45, 2.75) is 26.2 Å². The van der Waals surface area contributed by atoms with Crippen LogP contribution < -0.4 is 5.32 Å². The van der Waals surface area contributed by atoms with Gasteiger partial charge in [0, 0.05) is 39.3 Å². The van der Waals surface area contributed by atoms with Gasteiger partial charge in [0.2, 0.25) is 0 Å². The first-order valence-corrected chi connectivity index (χ1v) is 9.55. The molecule has 0 unspecified atom stereocenters. The number of hydrogen-bond acceptors (Lipinski definition) is 5. The van der Waals surface area contributed by atoms with E-state index in [1.54, 1.807) is 0 Å². The molecular weight excluding hydrogens is 361 g/mol. The molecule has 1 N–H and O–H groups in total. The minimum absolute atomic E-state index is 0.295. The minimum atomic E-state index is -4.34. The second kappa shape index (κ2) is 8.37. The van der Waals surface area contributed by atoms with Gasteiger partial charge in [-0.1, -0.05) is 42.5 Å². The molecule has 8 heteroatoms. The molecule has 1 saturated heterocycles. The second-order valence-electron chi connectivity index (χ2n) is 6.36. The van der Waals surface area contributed by atoms with Crippen LogP contribution in [0.4, 0.5) is 18.3 Å². The molecule has 142 valence electrons. The predicted octanol–water partition coefficient (Wildman–Crippen LogP) is 3.91. The Bertz CT molecular complexity index is 708. The van der Waals surface area contributed by atoms with Crippen LogP contribution in [0.25, 0.3) is 0 Å². The third kappa shape index (κ3) is 4.96. The van der Waals surface area contributed by atoms with Crippen LogP contribution in [-0.2, 0) is 19.3 Å². The third-order valence-corrected chi connectivity index (χ3v) is 5.64. The van der Waals surface area contributed by atoms with E-state index in [0.717, 1.165) is 51.0 Å². The number of alkyl halides is 3. The molecule has 1 aliphatic rings. The lowest BCUT2D eigenvalue weighted by atomic mass is 10.1. The van der Waals surface area contributed by atoms with Crippen molar-refractivity contribution < 1.29 is 13.2 Å². The van der Waals surface area contributed by atoms with Crippen LogP contribution in [0.3, 0.4) is 0 Å². The highest BCUT2D eigenvalue weighted by Gasteiger charge is 2.33. The fraction of sp³-hybridized carbons (Fsp3) is 0.500. The number of thiazole rings is 1. The van der Waals surface area contributed by atoms with E-state index in [0.29, 0.717) is 23.0 Å². The van der Waals surface area contributed by atoms with Gasteiger partial charge in [-0.25, -0.2) is 4.98 Å². The Morgan fingerprint density at radius 1 is 1.08 bits per heavy atom. The first-order chi connectivity index (χ1) is 12.5. The molecular formula is C18H23F3N4S. The van der Waals surface area contributed by atoms with E-state index in [9.17, 15) is 13.2 Å². The molecule has 0 bridgehead atoms. The normalized spacial score (nSPS) is 16.8. The number of aromatic nitrogens is 1. The average molecular weight is 384 g/mol. The Morgan fingerprint density at radius 2 is 1.73 bits per heavy atom. The Labute approximate surface area is 155 Å². The maximum atomic E-state index is 12.7. The minimum Gasteiger partial charge on any atom is -0.357 e. The summed E-state index contributed by atoms with van der Waals surface area (Å²) in [4.78, 5) is 8.02. The molecule has 2 heterocycles. The topological polar surface area (TPSA) is 31.4 Å². The maximum absolute atomic E-state index is 12.7. The zero-order valence-electron chi connectivity index (χ0n) is 14.7. The van der Waals surface area contributed by atoms with Crippen LogP contribution in [-0.4, -0.2) is 47.5 Å². The predicted molar refractivity (Wildman–Crippen MR) is 98.3 cm³/mol. The number of nitrogens with one attached hydrogen (secondary N) is 1. The van der Waals surface area contributed by atoms with Crippen LogP contribution in [0.1, 0.15) is 22.9 Å². The van der Waals surface area contributed by atoms with Crippen LogP contribution in [0.2, 0.25) is 0 Å². The smallest absolute Gasteiger partial charge is 0.357 e. The SMILES string of the molecule is CCN1CCN(Cc2ccccc2CNc2ncc(C(F)(F)F)s2)CC1. The monoisotopic (exact) mass is 384 g/mol. The molecule has 0 amide bonds. The Kier molecular flexibility index (Phi) is 6.16. The zero-order valence-corrected chi connectivity index (χ0v) is 15.5. The summed E-state index contributed by atoms with van der Waals surface area (Å²) >= 11 is 0.640. The number of hydrogen-bond donors (Lipinski definition) is 1. The molecule has 1 aromatic carbocycles. The fourth-order valence-electron chi connectivity index (χ4n) is 3.05. The number of halogens is 3. The summed E-state index contributed by atoms with van der Waals surface area (Å²) in [5, 5.41) is 3.32. The van der Waals surface area contributed by atoms with Gasteiger partial charge in [-0.05, 0) is 17.7 Å². The van der Waals surface area contributed by atoms with Crippen LogP contribution >= 0.6 is 11.3 Å². The van der Waals surface area contributed by atoms with Crippen LogP contribution in [0, 0.1) is 0 Å². The molecule has 0 atom stereocenters.